The lowest BCUT2D eigenvalue weighted by Gasteiger charge is -2.34. The first-order chi connectivity index (χ1) is 10.1. The quantitative estimate of drug-likeness (QED) is 0.859. The van der Waals surface area contributed by atoms with Crippen molar-refractivity contribution in [2.75, 3.05) is 6.54 Å². The third kappa shape index (κ3) is 2.90. The van der Waals surface area contributed by atoms with Gasteiger partial charge >= 0.3 is 0 Å². The summed E-state index contributed by atoms with van der Waals surface area (Å²) in [6, 6.07) is 9.64. The van der Waals surface area contributed by atoms with E-state index in [0.717, 1.165) is 17.1 Å². The molecule has 2 heteroatoms. The van der Waals surface area contributed by atoms with E-state index in [4.69, 9.17) is 0 Å². The Hall–Kier alpha value is -0.470. The summed E-state index contributed by atoms with van der Waals surface area (Å²) in [6.45, 7) is 5.80. The highest BCUT2D eigenvalue weighted by molar-refractivity contribution is 8.00. The van der Waals surface area contributed by atoms with Crippen molar-refractivity contribution in [1.29, 1.82) is 0 Å². The highest BCUT2D eigenvalue weighted by atomic mass is 32.2. The second kappa shape index (κ2) is 5.31. The van der Waals surface area contributed by atoms with Gasteiger partial charge in [-0.2, -0.15) is 0 Å². The van der Waals surface area contributed by atoms with Crippen LogP contribution in [-0.2, 0) is 6.42 Å². The van der Waals surface area contributed by atoms with Crippen molar-refractivity contribution in [3.05, 3.63) is 29.8 Å². The maximum Gasteiger partial charge on any atom is 0.0141 e. The second-order valence-corrected chi connectivity index (χ2v) is 9.30. The zero-order valence-electron chi connectivity index (χ0n) is 13.3. The zero-order valence-corrected chi connectivity index (χ0v) is 14.1. The van der Waals surface area contributed by atoms with E-state index >= 15 is 0 Å². The highest BCUT2D eigenvalue weighted by Crippen LogP contribution is 2.62. The smallest absolute Gasteiger partial charge is 0.0141 e. The van der Waals surface area contributed by atoms with Gasteiger partial charge in [-0.3, -0.25) is 0 Å². The van der Waals surface area contributed by atoms with Crippen molar-refractivity contribution in [3.8, 4) is 0 Å². The molecule has 1 aromatic carbocycles. The molecule has 2 saturated carbocycles. The Bertz CT molecular complexity index is 489. The number of rotatable bonds is 5. The summed E-state index contributed by atoms with van der Waals surface area (Å²) in [4.78, 5) is 1.54. The van der Waals surface area contributed by atoms with Crippen molar-refractivity contribution in [3.63, 3.8) is 0 Å². The fraction of sp³-hybridized carbons (Fsp3) is 0.684. The number of fused-ring (bicyclic) bond motifs is 2. The van der Waals surface area contributed by atoms with E-state index in [9.17, 15) is 0 Å². The molecule has 0 bridgehead atoms. The molecule has 1 heterocycles. The van der Waals surface area contributed by atoms with Crippen molar-refractivity contribution >= 4 is 11.8 Å². The SMILES string of the molecule is CC(C)NCC1(CC2Cc3ccccc3S2)CC2CC2C1. The summed E-state index contributed by atoms with van der Waals surface area (Å²) in [5, 5.41) is 4.57. The third-order valence-corrected chi connectivity index (χ3v) is 7.04. The van der Waals surface area contributed by atoms with E-state index in [1.54, 1.807) is 5.56 Å². The van der Waals surface area contributed by atoms with Gasteiger partial charge in [-0.25, -0.2) is 0 Å². The normalized spacial score (nSPS) is 36.8. The molecule has 4 rings (SSSR count). The van der Waals surface area contributed by atoms with Crippen LogP contribution >= 0.6 is 11.8 Å². The van der Waals surface area contributed by atoms with Crippen LogP contribution in [0.4, 0.5) is 0 Å². The largest absolute Gasteiger partial charge is 0.314 e. The monoisotopic (exact) mass is 301 g/mol. The molecule has 3 aliphatic rings. The molecule has 1 N–H and O–H groups in total. The van der Waals surface area contributed by atoms with Gasteiger partial charge in [-0.1, -0.05) is 32.0 Å². The Kier molecular flexibility index (Phi) is 3.58. The van der Waals surface area contributed by atoms with Gasteiger partial charge in [0.2, 0.25) is 0 Å². The van der Waals surface area contributed by atoms with Crippen LogP contribution in [0.1, 0.15) is 45.1 Å². The molecule has 0 radical (unpaired) electrons. The van der Waals surface area contributed by atoms with Crippen LogP contribution < -0.4 is 5.32 Å². The predicted molar refractivity (Wildman–Crippen MR) is 90.8 cm³/mol. The molecule has 1 nitrogen and oxygen atoms in total. The van der Waals surface area contributed by atoms with Gasteiger partial charge in [0.05, 0.1) is 0 Å². The number of hydrogen-bond acceptors (Lipinski definition) is 2. The number of benzene rings is 1. The van der Waals surface area contributed by atoms with Gasteiger partial charge in [0.25, 0.3) is 0 Å². The molecule has 1 aliphatic heterocycles. The van der Waals surface area contributed by atoms with Crippen LogP contribution in [0.3, 0.4) is 0 Å². The number of hydrogen-bond donors (Lipinski definition) is 1. The molecule has 0 aromatic heterocycles. The fourth-order valence-corrected chi connectivity index (χ4v) is 6.18. The van der Waals surface area contributed by atoms with Gasteiger partial charge < -0.3 is 5.32 Å². The van der Waals surface area contributed by atoms with Gasteiger partial charge in [0.1, 0.15) is 0 Å². The minimum absolute atomic E-state index is 0.595. The van der Waals surface area contributed by atoms with E-state index in [2.05, 4.69) is 55.2 Å². The molecule has 2 fully saturated rings. The zero-order chi connectivity index (χ0) is 14.4. The molecule has 3 atom stereocenters. The van der Waals surface area contributed by atoms with Gasteiger partial charge in [-0.15, -0.1) is 11.8 Å². The minimum Gasteiger partial charge on any atom is -0.314 e. The average molecular weight is 301 g/mol. The molecule has 21 heavy (non-hydrogen) atoms. The predicted octanol–water partition coefficient (Wildman–Crippen LogP) is 4.51. The molecule has 114 valence electrons. The molecule has 0 saturated heterocycles. The lowest BCUT2D eigenvalue weighted by molar-refractivity contribution is 0.222. The lowest BCUT2D eigenvalue weighted by Crippen LogP contribution is -2.38. The van der Waals surface area contributed by atoms with Crippen molar-refractivity contribution < 1.29 is 0 Å². The van der Waals surface area contributed by atoms with E-state index in [0.29, 0.717) is 11.5 Å². The summed E-state index contributed by atoms with van der Waals surface area (Å²) in [7, 11) is 0. The van der Waals surface area contributed by atoms with Gasteiger partial charge in [0, 0.05) is 22.7 Å². The third-order valence-electron chi connectivity index (χ3n) is 5.72. The van der Waals surface area contributed by atoms with E-state index < -0.39 is 0 Å². The second-order valence-electron chi connectivity index (χ2n) is 7.96. The summed E-state index contributed by atoms with van der Waals surface area (Å²) in [6.07, 6.45) is 7.22. The van der Waals surface area contributed by atoms with Crippen molar-refractivity contribution in [1.82, 2.24) is 5.32 Å². The average Bonchev–Trinajstić information content (AvgIpc) is 2.90. The Morgan fingerprint density at radius 1 is 1.24 bits per heavy atom. The molecular weight excluding hydrogens is 274 g/mol. The van der Waals surface area contributed by atoms with Crippen LogP contribution in [0.25, 0.3) is 0 Å². The highest BCUT2D eigenvalue weighted by Gasteiger charge is 2.54. The number of nitrogens with one attached hydrogen (secondary N) is 1. The maximum absolute atomic E-state index is 3.76. The Labute approximate surface area is 133 Å². The molecular formula is C19H27NS. The summed E-state index contributed by atoms with van der Waals surface area (Å²) in [5.74, 6) is 2.15. The fourth-order valence-electron chi connectivity index (χ4n) is 4.66. The summed E-state index contributed by atoms with van der Waals surface area (Å²) >= 11 is 2.14. The summed E-state index contributed by atoms with van der Waals surface area (Å²) < 4.78 is 0. The Morgan fingerprint density at radius 2 is 2.00 bits per heavy atom. The van der Waals surface area contributed by atoms with E-state index in [1.807, 2.05) is 0 Å². The van der Waals surface area contributed by atoms with Crippen LogP contribution in [0.15, 0.2) is 29.2 Å². The molecule has 2 aliphatic carbocycles. The van der Waals surface area contributed by atoms with E-state index in [-0.39, 0.29) is 0 Å². The van der Waals surface area contributed by atoms with Gasteiger partial charge in [0.15, 0.2) is 0 Å². The molecule has 1 aromatic rings. The number of thioether (sulfide) groups is 1. The first-order valence-corrected chi connectivity index (χ1v) is 9.49. The first kappa shape index (κ1) is 14.1. The Balaban J connectivity index is 1.44. The minimum atomic E-state index is 0.595. The lowest BCUT2D eigenvalue weighted by atomic mass is 9.77. The van der Waals surface area contributed by atoms with Crippen molar-refractivity contribution in [2.24, 2.45) is 17.3 Å². The van der Waals surface area contributed by atoms with Crippen LogP contribution in [-0.4, -0.2) is 17.8 Å². The van der Waals surface area contributed by atoms with Crippen LogP contribution in [0, 0.1) is 17.3 Å². The molecule has 0 spiro atoms. The Morgan fingerprint density at radius 3 is 2.71 bits per heavy atom. The molecule has 3 unspecified atom stereocenters. The van der Waals surface area contributed by atoms with Crippen LogP contribution in [0.5, 0.6) is 0 Å². The first-order valence-electron chi connectivity index (χ1n) is 8.61. The maximum atomic E-state index is 3.76. The van der Waals surface area contributed by atoms with Gasteiger partial charge in [-0.05, 0) is 61.0 Å². The van der Waals surface area contributed by atoms with Crippen molar-refractivity contribution in [2.45, 2.75) is 62.1 Å². The topological polar surface area (TPSA) is 12.0 Å². The molecule has 0 amide bonds. The standard InChI is InChI=1S/C19H27NS/c1-13(2)20-12-19(9-15-7-16(15)10-19)11-17-8-14-5-3-4-6-18(14)21-17/h3-6,13,15-17,20H,7-12H2,1-2H3. The van der Waals surface area contributed by atoms with Crippen LogP contribution in [0.2, 0.25) is 0 Å². The summed E-state index contributed by atoms with van der Waals surface area (Å²) in [5.41, 5.74) is 2.18. The van der Waals surface area contributed by atoms with E-state index in [1.165, 1.54) is 43.5 Å².